The van der Waals surface area contributed by atoms with E-state index in [1.807, 2.05) is 0 Å². The Morgan fingerprint density at radius 3 is 2.47 bits per heavy atom. The Hall–Kier alpha value is -1.30. The zero-order chi connectivity index (χ0) is 11.6. The Bertz CT molecular complexity index is 372. The number of aliphatic carboxylic acids is 1. The molecule has 5 nitrogen and oxygen atoms in total. The van der Waals surface area contributed by atoms with E-state index < -0.39 is 11.9 Å². The van der Waals surface area contributed by atoms with E-state index in [0.29, 0.717) is 10.9 Å². The molecule has 82 valence electrons. The molecule has 15 heavy (non-hydrogen) atoms. The zero-order valence-corrected chi connectivity index (χ0v) is 9.50. The molecule has 0 fully saturated rings. The summed E-state index contributed by atoms with van der Waals surface area (Å²) in [4.78, 5) is 18.7. The fraction of sp³-hybridized carbons (Fsp3) is 0.444. The average molecular weight is 228 g/mol. The van der Waals surface area contributed by atoms with Crippen LogP contribution >= 0.6 is 11.8 Å². The molecule has 0 aliphatic carbocycles. The monoisotopic (exact) mass is 228 g/mol. The molecule has 0 aliphatic heterocycles. The van der Waals surface area contributed by atoms with E-state index in [9.17, 15) is 9.90 Å². The molecule has 6 heteroatoms. The molecule has 0 saturated heterocycles. The van der Waals surface area contributed by atoms with E-state index >= 15 is 0 Å². The van der Waals surface area contributed by atoms with Crippen LogP contribution in [0.25, 0.3) is 0 Å². The normalized spacial score (nSPS) is 12.5. The van der Waals surface area contributed by atoms with Crippen molar-refractivity contribution in [1.82, 2.24) is 9.97 Å². The second-order valence-corrected chi connectivity index (χ2v) is 3.87. The number of nitrogens with zero attached hydrogens (tertiary/aromatic N) is 2. The van der Waals surface area contributed by atoms with E-state index in [2.05, 4.69) is 9.97 Å². The van der Waals surface area contributed by atoms with E-state index in [0.717, 1.165) is 0 Å². The predicted octanol–water partition coefficient (Wildman–Crippen LogP) is 1.40. The number of carbonyl (C=O) groups is 1. The molecule has 2 N–H and O–H groups in total. The van der Waals surface area contributed by atoms with Crippen molar-refractivity contribution in [3.05, 3.63) is 11.3 Å². The van der Waals surface area contributed by atoms with Crippen LogP contribution in [-0.2, 0) is 4.79 Å². The molecule has 1 rings (SSSR count). The maximum atomic E-state index is 10.8. The molecule has 0 aromatic carbocycles. The van der Waals surface area contributed by atoms with Crippen LogP contribution in [0, 0.1) is 6.92 Å². The summed E-state index contributed by atoms with van der Waals surface area (Å²) in [5, 5.41) is 18.9. The molecule has 0 bridgehead atoms. The molecular formula is C9H12N2O3S. The number of carboxylic acids is 1. The van der Waals surface area contributed by atoms with E-state index in [-0.39, 0.29) is 11.4 Å². The third-order valence-corrected chi connectivity index (χ3v) is 2.63. The molecular weight excluding hydrogens is 216 g/mol. The van der Waals surface area contributed by atoms with Crippen molar-refractivity contribution >= 4 is 17.7 Å². The molecule has 0 aliphatic rings. The van der Waals surface area contributed by atoms with Crippen LogP contribution in [0.2, 0.25) is 0 Å². The number of hydrogen-bond donors (Lipinski definition) is 2. The summed E-state index contributed by atoms with van der Waals surface area (Å²) in [6, 6.07) is 0. The zero-order valence-electron chi connectivity index (χ0n) is 8.68. The van der Waals surface area contributed by atoms with Gasteiger partial charge in [0.05, 0.1) is 5.92 Å². The Labute approximate surface area is 91.6 Å². The predicted molar refractivity (Wildman–Crippen MR) is 56.3 cm³/mol. The summed E-state index contributed by atoms with van der Waals surface area (Å²) < 4.78 is 0. The van der Waals surface area contributed by atoms with Crippen LogP contribution in [0.5, 0.6) is 5.88 Å². The maximum absolute atomic E-state index is 10.8. The first-order valence-electron chi connectivity index (χ1n) is 4.31. The molecule has 1 heterocycles. The van der Waals surface area contributed by atoms with Gasteiger partial charge in [-0.2, -0.15) is 4.98 Å². The fourth-order valence-corrected chi connectivity index (χ4v) is 1.67. The largest absolute Gasteiger partial charge is 0.493 e. The van der Waals surface area contributed by atoms with E-state index in [4.69, 9.17) is 5.11 Å². The van der Waals surface area contributed by atoms with Gasteiger partial charge in [-0.15, -0.1) is 0 Å². The lowest BCUT2D eigenvalue weighted by Gasteiger charge is -2.11. The first kappa shape index (κ1) is 11.8. The minimum absolute atomic E-state index is 0.248. The summed E-state index contributed by atoms with van der Waals surface area (Å²) in [5.41, 5.74) is 0.780. The molecule has 1 aromatic rings. The highest BCUT2D eigenvalue weighted by Gasteiger charge is 2.22. The Morgan fingerprint density at radius 1 is 1.47 bits per heavy atom. The van der Waals surface area contributed by atoms with Crippen LogP contribution in [-0.4, -0.2) is 32.4 Å². The van der Waals surface area contributed by atoms with Gasteiger partial charge >= 0.3 is 5.97 Å². The first-order chi connectivity index (χ1) is 6.97. The van der Waals surface area contributed by atoms with Gasteiger partial charge in [-0.05, 0) is 20.1 Å². The molecule has 0 radical (unpaired) electrons. The van der Waals surface area contributed by atoms with Gasteiger partial charge in [-0.3, -0.25) is 4.79 Å². The quantitative estimate of drug-likeness (QED) is 0.601. The number of aryl methyl sites for hydroxylation is 1. The highest BCUT2D eigenvalue weighted by atomic mass is 32.2. The van der Waals surface area contributed by atoms with Crippen LogP contribution in [0.3, 0.4) is 0 Å². The average Bonchev–Trinajstić information content (AvgIpc) is 2.16. The summed E-state index contributed by atoms with van der Waals surface area (Å²) in [6.45, 7) is 3.16. The van der Waals surface area contributed by atoms with Gasteiger partial charge in [0, 0.05) is 11.3 Å². The lowest BCUT2D eigenvalue weighted by Crippen LogP contribution is -2.11. The lowest BCUT2D eigenvalue weighted by atomic mass is 10.0. The third kappa shape index (κ3) is 2.38. The number of carboxylic acid groups (broad SMARTS) is 1. The summed E-state index contributed by atoms with van der Waals surface area (Å²) >= 11 is 1.30. The number of hydrogen-bond acceptors (Lipinski definition) is 5. The van der Waals surface area contributed by atoms with Crippen LogP contribution in [0.4, 0.5) is 0 Å². The summed E-state index contributed by atoms with van der Waals surface area (Å²) in [7, 11) is 0. The van der Waals surface area contributed by atoms with Gasteiger partial charge in [0.1, 0.15) is 0 Å². The number of thioether (sulfide) groups is 1. The number of aromatic nitrogens is 2. The first-order valence-corrected chi connectivity index (χ1v) is 5.54. The molecule has 1 unspecified atom stereocenters. The Balaban J connectivity index is 3.25. The smallest absolute Gasteiger partial charge is 0.310 e. The molecule has 0 saturated carbocycles. The van der Waals surface area contributed by atoms with Crippen molar-refractivity contribution in [3.8, 4) is 5.88 Å². The SMILES string of the molecule is CSc1nc(C)c(C(C)C(=O)O)c(O)n1. The lowest BCUT2D eigenvalue weighted by molar-refractivity contribution is -0.138. The van der Waals surface area contributed by atoms with Gasteiger partial charge in [0.25, 0.3) is 0 Å². The van der Waals surface area contributed by atoms with Crippen molar-refractivity contribution in [2.75, 3.05) is 6.26 Å². The van der Waals surface area contributed by atoms with Gasteiger partial charge < -0.3 is 10.2 Å². The van der Waals surface area contributed by atoms with Gasteiger partial charge in [0.2, 0.25) is 5.88 Å². The highest BCUT2D eigenvalue weighted by molar-refractivity contribution is 7.98. The van der Waals surface area contributed by atoms with Crippen molar-refractivity contribution in [3.63, 3.8) is 0 Å². The van der Waals surface area contributed by atoms with Crippen LogP contribution in [0.15, 0.2) is 5.16 Å². The van der Waals surface area contributed by atoms with Gasteiger partial charge in [-0.1, -0.05) is 11.8 Å². The van der Waals surface area contributed by atoms with Crippen LogP contribution in [0.1, 0.15) is 24.1 Å². The van der Waals surface area contributed by atoms with Crippen molar-refractivity contribution in [1.29, 1.82) is 0 Å². The third-order valence-electron chi connectivity index (χ3n) is 2.08. The van der Waals surface area contributed by atoms with Crippen molar-refractivity contribution in [2.45, 2.75) is 24.9 Å². The van der Waals surface area contributed by atoms with Crippen molar-refractivity contribution < 1.29 is 15.0 Å². The maximum Gasteiger partial charge on any atom is 0.310 e. The minimum atomic E-state index is -1.01. The van der Waals surface area contributed by atoms with E-state index in [1.165, 1.54) is 18.7 Å². The minimum Gasteiger partial charge on any atom is -0.493 e. The van der Waals surface area contributed by atoms with Crippen LogP contribution < -0.4 is 0 Å². The van der Waals surface area contributed by atoms with Gasteiger partial charge in [0.15, 0.2) is 5.16 Å². The number of aromatic hydroxyl groups is 1. The second kappa shape index (κ2) is 4.48. The second-order valence-electron chi connectivity index (χ2n) is 3.09. The highest BCUT2D eigenvalue weighted by Crippen LogP contribution is 2.28. The number of rotatable bonds is 3. The molecule has 0 amide bonds. The van der Waals surface area contributed by atoms with E-state index in [1.54, 1.807) is 13.2 Å². The van der Waals surface area contributed by atoms with Crippen molar-refractivity contribution in [2.24, 2.45) is 0 Å². The fourth-order valence-electron chi connectivity index (χ4n) is 1.26. The Kier molecular flexibility index (Phi) is 3.52. The standard InChI is InChI=1S/C9H12N2O3S/c1-4(8(13)14)6-5(2)10-9(15-3)11-7(6)12/h4H,1-3H3,(H,13,14)(H,10,11,12). The molecule has 1 atom stereocenters. The molecule has 1 aromatic heterocycles. The molecule has 0 spiro atoms. The topological polar surface area (TPSA) is 83.3 Å². The summed E-state index contributed by atoms with van der Waals surface area (Å²) in [6.07, 6.45) is 1.79. The Morgan fingerprint density at radius 2 is 2.07 bits per heavy atom. The van der Waals surface area contributed by atoms with Gasteiger partial charge in [-0.25, -0.2) is 4.98 Å². The summed E-state index contributed by atoms with van der Waals surface area (Å²) in [5.74, 6) is -2.06.